The number of para-hydroxylation sites is 1. The maximum absolute atomic E-state index is 2.41. The molecule has 0 aliphatic carbocycles. The third-order valence-electron chi connectivity index (χ3n) is 5.31. The summed E-state index contributed by atoms with van der Waals surface area (Å²) in [6, 6.07) is 24.4. The minimum atomic E-state index is 0.632. The van der Waals surface area contributed by atoms with Crippen LogP contribution in [0.3, 0.4) is 0 Å². The van der Waals surface area contributed by atoms with Gasteiger partial charge in [-0.1, -0.05) is 62.4 Å². The molecule has 0 spiro atoms. The van der Waals surface area contributed by atoms with Gasteiger partial charge in [-0.25, -0.2) is 0 Å². The highest BCUT2D eigenvalue weighted by atomic mass is 14.9. The van der Waals surface area contributed by atoms with Crippen LogP contribution in [0.25, 0.3) is 32.9 Å². The second-order valence-corrected chi connectivity index (χ2v) is 7.71. The van der Waals surface area contributed by atoms with E-state index in [0.29, 0.717) is 5.92 Å². The average molecular weight is 340 g/mol. The molecule has 0 aliphatic heterocycles. The molecule has 3 aromatic carbocycles. The Balaban J connectivity index is 2.10. The second kappa shape index (κ2) is 6.57. The lowest BCUT2D eigenvalue weighted by atomic mass is 9.92. The summed E-state index contributed by atoms with van der Waals surface area (Å²) in [7, 11) is 2.19. The number of aryl methyl sites for hydroxylation is 2. The number of aromatic nitrogens is 1. The zero-order valence-electron chi connectivity index (χ0n) is 16.1. The molecule has 0 saturated carbocycles. The van der Waals surface area contributed by atoms with Crippen molar-refractivity contribution in [2.75, 3.05) is 0 Å². The molecule has 0 atom stereocenters. The summed E-state index contributed by atoms with van der Waals surface area (Å²) < 4.78 is 2.36. The number of rotatable bonds is 3. The SMILES string of the molecule is Cc1ccc2ccccc2c1-c1cc(CC(C)C)c2ccccc2[n+]1C. The minimum absolute atomic E-state index is 0.632. The summed E-state index contributed by atoms with van der Waals surface area (Å²) in [5.41, 5.74) is 6.71. The van der Waals surface area contributed by atoms with Gasteiger partial charge in [-0.2, -0.15) is 4.57 Å². The summed E-state index contributed by atoms with van der Waals surface area (Å²) >= 11 is 0. The van der Waals surface area contributed by atoms with Crippen LogP contribution in [0, 0.1) is 12.8 Å². The molecule has 0 N–H and O–H groups in total. The van der Waals surface area contributed by atoms with Gasteiger partial charge in [-0.15, -0.1) is 0 Å². The standard InChI is InChI=1S/C25H26N/c1-17(2)15-20-16-24(26(4)23-12-8-7-10-21(20)23)25-18(3)13-14-19-9-5-6-11-22(19)25/h5-14,16-17H,15H2,1-4H3/q+1. The third-order valence-corrected chi connectivity index (χ3v) is 5.31. The van der Waals surface area contributed by atoms with Crippen molar-refractivity contribution in [3.05, 3.63) is 77.9 Å². The fourth-order valence-electron chi connectivity index (χ4n) is 4.08. The molecular formula is C25H26N+. The van der Waals surface area contributed by atoms with Gasteiger partial charge in [0.05, 0.1) is 5.56 Å². The van der Waals surface area contributed by atoms with Gasteiger partial charge < -0.3 is 0 Å². The van der Waals surface area contributed by atoms with E-state index in [1.165, 1.54) is 44.1 Å². The zero-order valence-corrected chi connectivity index (χ0v) is 16.1. The van der Waals surface area contributed by atoms with E-state index < -0.39 is 0 Å². The maximum atomic E-state index is 2.41. The summed E-state index contributed by atoms with van der Waals surface area (Å²) in [4.78, 5) is 0. The highest BCUT2D eigenvalue weighted by molar-refractivity contribution is 5.97. The highest BCUT2D eigenvalue weighted by Gasteiger charge is 2.21. The number of hydrogen-bond donors (Lipinski definition) is 0. The summed E-state index contributed by atoms with van der Waals surface area (Å²) in [5.74, 6) is 0.632. The van der Waals surface area contributed by atoms with Crippen LogP contribution in [-0.4, -0.2) is 0 Å². The molecule has 0 radical (unpaired) electrons. The lowest BCUT2D eigenvalue weighted by Gasteiger charge is -2.14. The van der Waals surface area contributed by atoms with E-state index in [4.69, 9.17) is 0 Å². The minimum Gasteiger partial charge on any atom is -0.194 e. The van der Waals surface area contributed by atoms with E-state index in [1.807, 2.05) is 0 Å². The summed E-state index contributed by atoms with van der Waals surface area (Å²) in [5, 5.41) is 3.99. The van der Waals surface area contributed by atoms with E-state index in [2.05, 4.69) is 99.1 Å². The van der Waals surface area contributed by atoms with E-state index in [1.54, 1.807) is 0 Å². The molecule has 0 bridgehead atoms. The second-order valence-electron chi connectivity index (χ2n) is 7.71. The van der Waals surface area contributed by atoms with Crippen LogP contribution in [-0.2, 0) is 13.5 Å². The fourth-order valence-corrected chi connectivity index (χ4v) is 4.08. The Morgan fingerprint density at radius 3 is 2.31 bits per heavy atom. The number of pyridine rings is 1. The van der Waals surface area contributed by atoms with Crippen molar-refractivity contribution < 1.29 is 4.57 Å². The lowest BCUT2D eigenvalue weighted by Crippen LogP contribution is -2.33. The Bertz CT molecular complexity index is 1110. The van der Waals surface area contributed by atoms with Gasteiger partial charge in [-0.3, -0.25) is 0 Å². The van der Waals surface area contributed by atoms with Gasteiger partial charge in [0.2, 0.25) is 11.2 Å². The van der Waals surface area contributed by atoms with Crippen molar-refractivity contribution in [2.24, 2.45) is 13.0 Å². The summed E-state index contributed by atoms with van der Waals surface area (Å²) in [6.45, 7) is 6.81. The molecule has 0 fully saturated rings. The fraction of sp³-hybridized carbons (Fsp3) is 0.240. The van der Waals surface area contributed by atoms with Crippen LogP contribution < -0.4 is 4.57 Å². The van der Waals surface area contributed by atoms with Crippen LogP contribution in [0.2, 0.25) is 0 Å². The van der Waals surface area contributed by atoms with Crippen LogP contribution >= 0.6 is 0 Å². The number of benzene rings is 3. The molecule has 0 saturated heterocycles. The molecule has 4 aromatic rings. The lowest BCUT2D eigenvalue weighted by molar-refractivity contribution is -0.633. The summed E-state index contributed by atoms with van der Waals surface area (Å²) in [6.07, 6.45) is 1.10. The largest absolute Gasteiger partial charge is 0.213 e. The van der Waals surface area contributed by atoms with E-state index in [9.17, 15) is 0 Å². The van der Waals surface area contributed by atoms with E-state index >= 15 is 0 Å². The molecule has 1 nitrogen and oxygen atoms in total. The van der Waals surface area contributed by atoms with Crippen molar-refractivity contribution >= 4 is 21.7 Å². The Morgan fingerprint density at radius 1 is 0.846 bits per heavy atom. The van der Waals surface area contributed by atoms with E-state index in [0.717, 1.165) is 6.42 Å². The van der Waals surface area contributed by atoms with Crippen molar-refractivity contribution in [3.8, 4) is 11.3 Å². The van der Waals surface area contributed by atoms with E-state index in [-0.39, 0.29) is 0 Å². The molecule has 1 aromatic heterocycles. The van der Waals surface area contributed by atoms with Gasteiger partial charge in [0.1, 0.15) is 7.05 Å². The first-order valence-corrected chi connectivity index (χ1v) is 9.45. The smallest absolute Gasteiger partial charge is 0.194 e. The van der Waals surface area contributed by atoms with Gasteiger partial charge >= 0.3 is 0 Å². The topological polar surface area (TPSA) is 3.88 Å². The van der Waals surface area contributed by atoms with Crippen molar-refractivity contribution in [1.29, 1.82) is 0 Å². The van der Waals surface area contributed by atoms with Crippen LogP contribution in [0.1, 0.15) is 25.0 Å². The first kappa shape index (κ1) is 16.8. The highest BCUT2D eigenvalue weighted by Crippen LogP contribution is 2.32. The number of hydrogen-bond acceptors (Lipinski definition) is 0. The quantitative estimate of drug-likeness (QED) is 0.403. The molecule has 1 heterocycles. The van der Waals surface area contributed by atoms with Crippen LogP contribution in [0.15, 0.2) is 66.7 Å². The molecule has 4 rings (SSSR count). The first-order chi connectivity index (χ1) is 12.6. The van der Waals surface area contributed by atoms with Crippen molar-refractivity contribution in [2.45, 2.75) is 27.2 Å². The van der Waals surface area contributed by atoms with Crippen molar-refractivity contribution in [3.63, 3.8) is 0 Å². The van der Waals surface area contributed by atoms with Gasteiger partial charge in [0.25, 0.3) is 0 Å². The Labute approximate surface area is 155 Å². The molecule has 130 valence electrons. The third kappa shape index (κ3) is 2.78. The predicted octanol–water partition coefficient (Wildman–Crippen LogP) is 5.99. The monoisotopic (exact) mass is 340 g/mol. The zero-order chi connectivity index (χ0) is 18.3. The normalized spacial score (nSPS) is 11.6. The number of nitrogens with zero attached hydrogens (tertiary/aromatic N) is 1. The number of fused-ring (bicyclic) bond motifs is 2. The molecule has 26 heavy (non-hydrogen) atoms. The van der Waals surface area contributed by atoms with Gasteiger partial charge in [0.15, 0.2) is 0 Å². The van der Waals surface area contributed by atoms with Crippen LogP contribution in [0.4, 0.5) is 0 Å². The molecule has 0 unspecified atom stereocenters. The Hall–Kier alpha value is -2.67. The molecule has 0 amide bonds. The van der Waals surface area contributed by atoms with Crippen LogP contribution in [0.5, 0.6) is 0 Å². The molecule has 0 aliphatic rings. The van der Waals surface area contributed by atoms with Crippen molar-refractivity contribution in [1.82, 2.24) is 0 Å². The first-order valence-electron chi connectivity index (χ1n) is 9.45. The van der Waals surface area contributed by atoms with Gasteiger partial charge in [0, 0.05) is 17.5 Å². The van der Waals surface area contributed by atoms with Gasteiger partial charge in [-0.05, 0) is 47.2 Å². The molecule has 1 heteroatoms. The predicted molar refractivity (Wildman–Crippen MR) is 111 cm³/mol. The molecular weight excluding hydrogens is 314 g/mol. The maximum Gasteiger partial charge on any atom is 0.213 e. The Kier molecular flexibility index (Phi) is 4.24. The Morgan fingerprint density at radius 2 is 1.54 bits per heavy atom. The average Bonchev–Trinajstić information content (AvgIpc) is 2.64.